The van der Waals surface area contributed by atoms with Crippen LogP contribution in [0.5, 0.6) is 0 Å². The average molecular weight is 436 g/mol. The molecule has 2 N–H and O–H groups in total. The molecule has 0 unspecified atom stereocenters. The molecule has 5 rings (SSSR count). The van der Waals surface area contributed by atoms with Crippen molar-refractivity contribution in [2.24, 2.45) is 0 Å². The summed E-state index contributed by atoms with van der Waals surface area (Å²) in [6.45, 7) is 4.32. The normalized spacial score (nSPS) is 25.5. The molecule has 6 heteroatoms. The molecule has 2 aliphatic rings. The second-order valence-electron chi connectivity index (χ2n) is 9.33. The lowest BCUT2D eigenvalue weighted by atomic mass is 9.79. The van der Waals surface area contributed by atoms with Crippen LogP contribution in [0.3, 0.4) is 0 Å². The Balaban J connectivity index is 1.66. The Labute approximate surface area is 187 Å². The Morgan fingerprint density at radius 1 is 1.12 bits per heavy atom. The van der Waals surface area contributed by atoms with Crippen molar-refractivity contribution in [3.63, 3.8) is 0 Å². The van der Waals surface area contributed by atoms with Crippen molar-refractivity contribution in [1.29, 1.82) is 0 Å². The molecule has 0 radical (unpaired) electrons. The van der Waals surface area contributed by atoms with Gasteiger partial charge in [-0.05, 0) is 42.2 Å². The van der Waals surface area contributed by atoms with Crippen LogP contribution in [0.15, 0.2) is 48.5 Å². The summed E-state index contributed by atoms with van der Waals surface area (Å²) >= 11 is 0. The monoisotopic (exact) mass is 435 g/mol. The van der Waals surface area contributed by atoms with Gasteiger partial charge in [-0.2, -0.15) is 0 Å². The highest BCUT2D eigenvalue weighted by Gasteiger charge is 2.48. The lowest BCUT2D eigenvalue weighted by Crippen LogP contribution is -2.56. The number of fused-ring (bicyclic) bond motifs is 5. The summed E-state index contributed by atoms with van der Waals surface area (Å²) < 4.78 is 19.0. The summed E-state index contributed by atoms with van der Waals surface area (Å²) in [6.07, 6.45) is 2.34. The van der Waals surface area contributed by atoms with E-state index in [-0.39, 0.29) is 36.0 Å². The maximum absolute atomic E-state index is 13.7. The van der Waals surface area contributed by atoms with Crippen LogP contribution >= 0.6 is 0 Å². The number of ether oxygens (including phenoxy) is 1. The molecule has 3 heterocycles. The third kappa shape index (κ3) is 3.61. The van der Waals surface area contributed by atoms with Crippen molar-refractivity contribution in [2.45, 2.75) is 63.3 Å². The Bertz CT molecular complexity index is 1120. The number of benzene rings is 2. The van der Waals surface area contributed by atoms with Gasteiger partial charge in [-0.1, -0.05) is 44.2 Å². The summed E-state index contributed by atoms with van der Waals surface area (Å²) in [7, 11) is 1.46. The first kappa shape index (κ1) is 21.2. The van der Waals surface area contributed by atoms with Crippen molar-refractivity contribution in [3.8, 4) is 0 Å². The molecule has 168 valence electrons. The van der Waals surface area contributed by atoms with Gasteiger partial charge in [0.1, 0.15) is 11.9 Å². The number of carbonyl (C=O) groups is 1. The van der Waals surface area contributed by atoms with E-state index in [0.29, 0.717) is 12.5 Å². The van der Waals surface area contributed by atoms with E-state index in [9.17, 15) is 9.18 Å². The van der Waals surface area contributed by atoms with E-state index in [4.69, 9.17) is 4.74 Å². The van der Waals surface area contributed by atoms with Gasteiger partial charge >= 0.3 is 5.97 Å². The lowest BCUT2D eigenvalue weighted by molar-refractivity contribution is -0.152. The fourth-order valence-electron chi connectivity index (χ4n) is 5.76. The highest BCUT2D eigenvalue weighted by atomic mass is 19.1. The van der Waals surface area contributed by atoms with Crippen LogP contribution in [0.1, 0.15) is 55.6 Å². The molecule has 4 atom stereocenters. The van der Waals surface area contributed by atoms with Gasteiger partial charge in [0.25, 0.3) is 0 Å². The third-order valence-electron chi connectivity index (χ3n) is 6.97. The van der Waals surface area contributed by atoms with Crippen LogP contribution in [0.4, 0.5) is 4.39 Å². The number of hydrogen-bond acceptors (Lipinski definition) is 4. The van der Waals surface area contributed by atoms with Crippen LogP contribution in [0.2, 0.25) is 0 Å². The lowest BCUT2D eigenvalue weighted by Gasteiger charge is -2.51. The van der Waals surface area contributed by atoms with Crippen molar-refractivity contribution in [1.82, 2.24) is 15.2 Å². The van der Waals surface area contributed by atoms with Gasteiger partial charge in [0.15, 0.2) is 0 Å². The molecule has 1 saturated heterocycles. The fraction of sp³-hybridized carbons (Fsp3) is 0.423. The summed E-state index contributed by atoms with van der Waals surface area (Å²) in [5.41, 5.74) is 4.52. The number of hydrogen-bond donors (Lipinski definition) is 2. The number of aromatic nitrogens is 1. The average Bonchev–Trinajstić information content (AvgIpc) is 3.16. The van der Waals surface area contributed by atoms with Gasteiger partial charge in [-0.3, -0.25) is 9.69 Å². The molecule has 0 aliphatic carbocycles. The van der Waals surface area contributed by atoms with Crippen LogP contribution in [0, 0.1) is 5.82 Å². The van der Waals surface area contributed by atoms with Gasteiger partial charge in [-0.25, -0.2) is 4.39 Å². The van der Waals surface area contributed by atoms with E-state index in [1.54, 1.807) is 0 Å². The third-order valence-corrected chi connectivity index (χ3v) is 6.97. The standard InChI is InChI=1S/C26H30FN3O2/c1-15(2)28-18-12-22(16-8-10-17(27)11-9-16)30-23(13-18)25-20(14-24(30)26(31)32-3)19-6-4-5-7-21(19)29-25/h4-11,15,18,22-24,28-29H,12-14H2,1-3H3/t18-,22-,23-,24-/m0/s1. The predicted molar refractivity (Wildman–Crippen MR) is 123 cm³/mol. The maximum atomic E-state index is 13.7. The Morgan fingerprint density at radius 2 is 1.84 bits per heavy atom. The summed E-state index contributed by atoms with van der Waals surface area (Å²) in [4.78, 5) is 19.0. The number of halogens is 1. The molecule has 0 saturated carbocycles. The van der Waals surface area contributed by atoms with E-state index in [0.717, 1.165) is 23.9 Å². The maximum Gasteiger partial charge on any atom is 0.323 e. The number of methoxy groups -OCH3 is 1. The van der Waals surface area contributed by atoms with Gasteiger partial charge in [-0.15, -0.1) is 0 Å². The second-order valence-corrected chi connectivity index (χ2v) is 9.33. The van der Waals surface area contributed by atoms with Gasteiger partial charge in [0.2, 0.25) is 0 Å². The number of esters is 1. The fourth-order valence-corrected chi connectivity index (χ4v) is 5.76. The van der Waals surface area contributed by atoms with E-state index in [1.165, 1.54) is 35.9 Å². The molecule has 2 aromatic carbocycles. The molecule has 2 aliphatic heterocycles. The van der Waals surface area contributed by atoms with Crippen molar-refractivity contribution in [3.05, 3.63) is 71.2 Å². The number of aromatic amines is 1. The Kier molecular flexibility index (Phi) is 5.51. The number of H-pyrrole nitrogens is 1. The van der Waals surface area contributed by atoms with Crippen molar-refractivity contribution >= 4 is 16.9 Å². The van der Waals surface area contributed by atoms with E-state index in [1.807, 2.05) is 24.3 Å². The van der Waals surface area contributed by atoms with Crippen molar-refractivity contribution < 1.29 is 13.9 Å². The highest BCUT2D eigenvalue weighted by molar-refractivity contribution is 5.87. The van der Waals surface area contributed by atoms with E-state index >= 15 is 0 Å². The Hall–Kier alpha value is -2.70. The van der Waals surface area contributed by atoms with Gasteiger partial charge in [0, 0.05) is 41.1 Å². The van der Waals surface area contributed by atoms with E-state index in [2.05, 4.69) is 41.2 Å². The molecule has 0 amide bonds. The molecule has 1 fully saturated rings. The number of rotatable bonds is 4. The first-order valence-electron chi connectivity index (χ1n) is 11.4. The van der Waals surface area contributed by atoms with Crippen LogP contribution in [-0.4, -0.2) is 41.1 Å². The molecule has 1 aromatic heterocycles. The highest BCUT2D eigenvalue weighted by Crippen LogP contribution is 2.48. The van der Waals surface area contributed by atoms with Crippen LogP contribution < -0.4 is 5.32 Å². The Morgan fingerprint density at radius 3 is 2.56 bits per heavy atom. The smallest absolute Gasteiger partial charge is 0.323 e. The second kappa shape index (κ2) is 8.34. The molecular weight excluding hydrogens is 405 g/mol. The minimum atomic E-state index is -0.383. The number of nitrogens with zero attached hydrogens (tertiary/aromatic N) is 1. The quantitative estimate of drug-likeness (QED) is 0.586. The molecule has 32 heavy (non-hydrogen) atoms. The van der Waals surface area contributed by atoms with Gasteiger partial charge in [0.05, 0.1) is 13.2 Å². The largest absolute Gasteiger partial charge is 0.468 e. The topological polar surface area (TPSA) is 57.4 Å². The molecule has 0 spiro atoms. The minimum absolute atomic E-state index is 0.0192. The zero-order valence-corrected chi connectivity index (χ0v) is 18.8. The first-order valence-corrected chi connectivity index (χ1v) is 11.4. The summed E-state index contributed by atoms with van der Waals surface area (Å²) in [6, 6.07) is 15.3. The zero-order valence-electron chi connectivity index (χ0n) is 18.8. The minimum Gasteiger partial charge on any atom is -0.468 e. The number of piperidine rings is 1. The van der Waals surface area contributed by atoms with Crippen LogP contribution in [-0.2, 0) is 16.0 Å². The molecule has 3 aromatic rings. The first-order chi connectivity index (χ1) is 15.5. The summed E-state index contributed by atoms with van der Waals surface area (Å²) in [5, 5.41) is 4.89. The SMILES string of the molecule is COC(=O)[C@@H]1Cc2c([nH]c3ccccc23)[C@@H]2C[C@@H](NC(C)C)C[C@@H](c3ccc(F)cc3)N12. The van der Waals surface area contributed by atoms with Crippen molar-refractivity contribution in [2.75, 3.05) is 7.11 Å². The van der Waals surface area contributed by atoms with E-state index < -0.39 is 0 Å². The number of para-hydroxylation sites is 1. The number of carbonyl (C=O) groups excluding carboxylic acids is 1. The van der Waals surface area contributed by atoms with Gasteiger partial charge < -0.3 is 15.0 Å². The molecule has 0 bridgehead atoms. The number of nitrogens with one attached hydrogen (secondary N) is 2. The summed E-state index contributed by atoms with van der Waals surface area (Å²) in [5.74, 6) is -0.465. The van der Waals surface area contributed by atoms with Crippen LogP contribution in [0.25, 0.3) is 10.9 Å². The zero-order chi connectivity index (χ0) is 22.4. The molecule has 5 nitrogen and oxygen atoms in total. The molecular formula is C26H30FN3O2. The predicted octanol–water partition coefficient (Wildman–Crippen LogP) is 4.65.